The van der Waals surface area contributed by atoms with Gasteiger partial charge in [-0.15, -0.1) is 0 Å². The molecule has 0 amide bonds. The molecule has 2 fully saturated rings. The predicted octanol–water partition coefficient (Wildman–Crippen LogP) is 4.46. The summed E-state index contributed by atoms with van der Waals surface area (Å²) < 4.78 is 11.2. The van der Waals surface area contributed by atoms with E-state index in [2.05, 4.69) is 17.4 Å². The molecule has 0 aromatic heterocycles. The van der Waals surface area contributed by atoms with E-state index in [1.165, 1.54) is 0 Å². The summed E-state index contributed by atoms with van der Waals surface area (Å²) in [5, 5.41) is 3.83. The highest BCUT2D eigenvalue weighted by Crippen LogP contribution is 2.47. The number of nitrogens with one attached hydrogen (secondary N) is 1. The summed E-state index contributed by atoms with van der Waals surface area (Å²) in [6.45, 7) is 0. The Morgan fingerprint density at radius 3 is 1.67 bits per heavy atom. The molecule has 4 atom stereocenters. The highest BCUT2D eigenvalue weighted by atomic mass is 16.5. The minimum absolute atomic E-state index is 0.000225. The lowest BCUT2D eigenvalue weighted by atomic mass is 9.73. The van der Waals surface area contributed by atoms with Crippen molar-refractivity contribution in [3.8, 4) is 11.5 Å². The molecule has 142 valence electrons. The zero-order valence-electron chi connectivity index (χ0n) is 16.0. The van der Waals surface area contributed by atoms with Crippen molar-refractivity contribution in [3.05, 3.63) is 59.7 Å². The first-order chi connectivity index (χ1) is 13.2. The zero-order valence-corrected chi connectivity index (χ0v) is 16.0. The molecule has 0 spiro atoms. The molecule has 1 saturated carbocycles. The van der Waals surface area contributed by atoms with Gasteiger partial charge in [0, 0.05) is 35.0 Å². The van der Waals surface area contributed by atoms with E-state index in [-0.39, 0.29) is 23.9 Å². The molecule has 2 aromatic rings. The summed E-state index contributed by atoms with van der Waals surface area (Å²) in [7, 11) is 3.38. The maximum Gasteiger partial charge on any atom is 0.142 e. The smallest absolute Gasteiger partial charge is 0.142 e. The molecule has 1 aliphatic carbocycles. The molecule has 4 rings (SSSR count). The normalized spacial score (nSPS) is 27.7. The van der Waals surface area contributed by atoms with E-state index < -0.39 is 0 Å². The van der Waals surface area contributed by atoms with Gasteiger partial charge >= 0.3 is 0 Å². The molecule has 1 aliphatic heterocycles. The standard InChI is InChI=1S/C23H27NO3/c1-26-19-13-7-5-9-15(19)21-17-11-3-4-12-18(23(17)25)22(24-21)16-10-6-8-14-20(16)27-2/h5-10,13-14,17-18,21-22,24H,3-4,11-12H2,1-2H3. The number of carbonyl (C=O) groups is 1. The lowest BCUT2D eigenvalue weighted by Crippen LogP contribution is -2.47. The van der Waals surface area contributed by atoms with Crippen LogP contribution >= 0.6 is 0 Å². The van der Waals surface area contributed by atoms with E-state index in [4.69, 9.17) is 9.47 Å². The van der Waals surface area contributed by atoms with E-state index in [1.807, 2.05) is 36.4 Å². The van der Waals surface area contributed by atoms with Gasteiger partial charge in [-0.25, -0.2) is 0 Å². The van der Waals surface area contributed by atoms with Gasteiger partial charge in [0.25, 0.3) is 0 Å². The predicted molar refractivity (Wildman–Crippen MR) is 105 cm³/mol. The SMILES string of the molecule is COc1ccccc1C1NC(c2ccccc2OC)C2CCCCC1C2=O. The summed E-state index contributed by atoms with van der Waals surface area (Å²) in [5.74, 6) is 2.06. The number of methoxy groups -OCH3 is 2. The number of hydrogen-bond donors (Lipinski definition) is 1. The third-order valence-electron chi connectivity index (χ3n) is 6.12. The fourth-order valence-electron chi connectivity index (χ4n) is 4.84. The maximum atomic E-state index is 13.5. The summed E-state index contributed by atoms with van der Waals surface area (Å²) in [6, 6.07) is 16.0. The van der Waals surface area contributed by atoms with Gasteiger partial charge in [-0.05, 0) is 25.0 Å². The van der Waals surface area contributed by atoms with Gasteiger partial charge in [-0.3, -0.25) is 4.79 Å². The van der Waals surface area contributed by atoms with Crippen LogP contribution in [-0.4, -0.2) is 20.0 Å². The van der Waals surface area contributed by atoms with Crippen molar-refractivity contribution in [1.29, 1.82) is 0 Å². The van der Waals surface area contributed by atoms with Crippen LogP contribution < -0.4 is 14.8 Å². The first-order valence-electron chi connectivity index (χ1n) is 9.80. The van der Waals surface area contributed by atoms with Crippen molar-refractivity contribution in [2.24, 2.45) is 11.8 Å². The van der Waals surface area contributed by atoms with Gasteiger partial charge < -0.3 is 14.8 Å². The number of fused-ring (bicyclic) bond motifs is 2. The van der Waals surface area contributed by atoms with Crippen LogP contribution in [0.2, 0.25) is 0 Å². The lowest BCUT2D eigenvalue weighted by Gasteiger charge is -2.41. The van der Waals surface area contributed by atoms with Crippen molar-refractivity contribution in [2.75, 3.05) is 14.2 Å². The van der Waals surface area contributed by atoms with Crippen LogP contribution in [0.4, 0.5) is 0 Å². The molecule has 27 heavy (non-hydrogen) atoms. The van der Waals surface area contributed by atoms with Crippen LogP contribution in [0.5, 0.6) is 11.5 Å². The topological polar surface area (TPSA) is 47.6 Å². The minimum Gasteiger partial charge on any atom is -0.496 e. The van der Waals surface area contributed by atoms with Crippen LogP contribution in [0.1, 0.15) is 48.9 Å². The van der Waals surface area contributed by atoms with Crippen molar-refractivity contribution < 1.29 is 14.3 Å². The number of ketones is 1. The number of hydrogen-bond acceptors (Lipinski definition) is 4. The number of carbonyl (C=O) groups excluding carboxylic acids is 1. The highest BCUT2D eigenvalue weighted by Gasteiger charge is 2.46. The van der Waals surface area contributed by atoms with Crippen molar-refractivity contribution in [2.45, 2.75) is 37.8 Å². The van der Waals surface area contributed by atoms with E-state index in [9.17, 15) is 4.79 Å². The number of benzene rings is 2. The zero-order chi connectivity index (χ0) is 18.8. The van der Waals surface area contributed by atoms with E-state index in [0.29, 0.717) is 5.78 Å². The second-order valence-electron chi connectivity index (χ2n) is 7.51. The largest absolute Gasteiger partial charge is 0.496 e. The van der Waals surface area contributed by atoms with Gasteiger partial charge in [0.2, 0.25) is 0 Å². The van der Waals surface area contributed by atoms with E-state index in [0.717, 1.165) is 48.3 Å². The Labute approximate surface area is 160 Å². The Hall–Kier alpha value is -2.33. The van der Waals surface area contributed by atoms with E-state index in [1.54, 1.807) is 14.2 Å². The molecule has 2 bridgehead atoms. The molecule has 0 radical (unpaired) electrons. The molecule has 2 aliphatic rings. The second-order valence-corrected chi connectivity index (χ2v) is 7.51. The molecule has 1 N–H and O–H groups in total. The van der Waals surface area contributed by atoms with Crippen molar-refractivity contribution >= 4 is 5.78 Å². The minimum atomic E-state index is -0.0436. The Morgan fingerprint density at radius 2 is 1.22 bits per heavy atom. The molecule has 1 heterocycles. The summed E-state index contributed by atoms with van der Waals surface area (Å²) >= 11 is 0. The number of ether oxygens (including phenoxy) is 2. The maximum absolute atomic E-state index is 13.5. The van der Waals surface area contributed by atoms with Gasteiger partial charge in [0.05, 0.1) is 14.2 Å². The Bertz CT molecular complexity index is 753. The number of Topliss-reactive ketones (excluding diaryl/α,β-unsaturated/α-hetero) is 1. The van der Waals surface area contributed by atoms with Crippen molar-refractivity contribution in [1.82, 2.24) is 5.32 Å². The molecular formula is C23H27NO3. The molecular weight excluding hydrogens is 338 g/mol. The van der Waals surface area contributed by atoms with E-state index >= 15 is 0 Å². The fourth-order valence-corrected chi connectivity index (χ4v) is 4.84. The summed E-state index contributed by atoms with van der Waals surface area (Å²) in [6.07, 6.45) is 4.06. The third kappa shape index (κ3) is 3.23. The molecule has 1 saturated heterocycles. The van der Waals surface area contributed by atoms with Gasteiger partial charge in [-0.2, -0.15) is 0 Å². The Balaban J connectivity index is 1.80. The third-order valence-corrected chi connectivity index (χ3v) is 6.12. The van der Waals surface area contributed by atoms with Crippen LogP contribution in [-0.2, 0) is 4.79 Å². The first kappa shape index (κ1) is 18.1. The van der Waals surface area contributed by atoms with Crippen LogP contribution in [0.3, 0.4) is 0 Å². The summed E-state index contributed by atoms with van der Waals surface area (Å²) in [5.41, 5.74) is 2.14. The average molecular weight is 365 g/mol. The van der Waals surface area contributed by atoms with Gasteiger partial charge in [-0.1, -0.05) is 49.2 Å². The molecule has 2 aromatic carbocycles. The van der Waals surface area contributed by atoms with Gasteiger partial charge in [0.1, 0.15) is 17.3 Å². The molecule has 4 heteroatoms. The Morgan fingerprint density at radius 1 is 0.778 bits per heavy atom. The molecule has 4 unspecified atom stereocenters. The number of para-hydroxylation sites is 2. The lowest BCUT2D eigenvalue weighted by molar-refractivity contribution is -0.131. The fraction of sp³-hybridized carbons (Fsp3) is 0.435. The first-order valence-corrected chi connectivity index (χ1v) is 9.80. The van der Waals surface area contributed by atoms with Crippen LogP contribution in [0, 0.1) is 11.8 Å². The van der Waals surface area contributed by atoms with Crippen LogP contribution in [0.15, 0.2) is 48.5 Å². The highest BCUT2D eigenvalue weighted by molar-refractivity contribution is 5.86. The number of rotatable bonds is 4. The van der Waals surface area contributed by atoms with Gasteiger partial charge in [0.15, 0.2) is 0 Å². The van der Waals surface area contributed by atoms with Crippen LogP contribution in [0.25, 0.3) is 0 Å². The second kappa shape index (κ2) is 7.73. The molecule has 4 nitrogen and oxygen atoms in total. The summed E-state index contributed by atoms with van der Waals surface area (Å²) in [4.78, 5) is 13.5. The average Bonchev–Trinajstić information content (AvgIpc) is 2.84. The monoisotopic (exact) mass is 365 g/mol. The Kier molecular flexibility index (Phi) is 5.17. The van der Waals surface area contributed by atoms with Crippen molar-refractivity contribution in [3.63, 3.8) is 0 Å². The number of piperidine rings is 1. The quantitative estimate of drug-likeness (QED) is 0.869.